The minimum atomic E-state index is -1.33. The van der Waals surface area contributed by atoms with E-state index in [4.69, 9.17) is 0 Å². The van der Waals surface area contributed by atoms with Crippen molar-refractivity contribution in [1.29, 1.82) is 0 Å². The van der Waals surface area contributed by atoms with Crippen molar-refractivity contribution in [3.05, 3.63) is 29.8 Å². The quantitative estimate of drug-likeness (QED) is 0.798. The van der Waals surface area contributed by atoms with E-state index in [1.54, 1.807) is 0 Å². The molecule has 0 aromatic heterocycles. The first-order valence-corrected chi connectivity index (χ1v) is 6.20. The van der Waals surface area contributed by atoms with E-state index < -0.39 is 29.2 Å². The van der Waals surface area contributed by atoms with Gasteiger partial charge >= 0.3 is 12.0 Å². The number of anilines is 1. The number of rotatable bonds is 3. The molecular weight excluding hydrogens is 270 g/mol. The van der Waals surface area contributed by atoms with E-state index in [0.717, 1.165) is 18.2 Å². The predicted molar refractivity (Wildman–Crippen MR) is 67.3 cm³/mol. The van der Waals surface area contributed by atoms with Crippen molar-refractivity contribution in [1.82, 2.24) is 5.32 Å². The van der Waals surface area contributed by atoms with E-state index >= 15 is 0 Å². The second-order valence-corrected chi connectivity index (χ2v) is 4.80. The molecule has 0 atom stereocenters. The highest BCUT2D eigenvalue weighted by atomic mass is 19.1. The van der Waals surface area contributed by atoms with Gasteiger partial charge in [-0.1, -0.05) is 12.8 Å². The molecule has 1 fully saturated rings. The average molecular weight is 284 g/mol. The molecule has 1 aromatic rings. The Morgan fingerprint density at radius 3 is 2.45 bits per heavy atom. The van der Waals surface area contributed by atoms with Crippen LogP contribution in [0.4, 0.5) is 19.3 Å². The summed E-state index contributed by atoms with van der Waals surface area (Å²) in [4.78, 5) is 23.0. The Morgan fingerprint density at radius 1 is 1.20 bits per heavy atom. The molecule has 0 aliphatic heterocycles. The zero-order valence-corrected chi connectivity index (χ0v) is 10.6. The standard InChI is InChI=1S/C13H14F2N2O3/c14-8-3-4-9(15)10(7-8)16-12(20)17-13(11(18)19)5-1-2-6-13/h3-4,7H,1-2,5-6H2,(H,18,19)(H2,16,17,20). The molecule has 0 spiro atoms. The van der Waals surface area contributed by atoms with Crippen LogP contribution in [-0.2, 0) is 4.79 Å². The molecule has 0 heterocycles. The number of carbonyl (C=O) groups excluding carboxylic acids is 1. The number of carbonyl (C=O) groups is 2. The van der Waals surface area contributed by atoms with Crippen molar-refractivity contribution in [2.45, 2.75) is 31.2 Å². The maximum Gasteiger partial charge on any atom is 0.329 e. The molecule has 3 N–H and O–H groups in total. The van der Waals surface area contributed by atoms with E-state index in [1.165, 1.54) is 0 Å². The van der Waals surface area contributed by atoms with E-state index in [-0.39, 0.29) is 5.69 Å². The van der Waals surface area contributed by atoms with Gasteiger partial charge in [0.1, 0.15) is 17.2 Å². The second kappa shape index (κ2) is 5.44. The van der Waals surface area contributed by atoms with Gasteiger partial charge in [-0.3, -0.25) is 0 Å². The predicted octanol–water partition coefficient (Wildman–Crippen LogP) is 2.48. The lowest BCUT2D eigenvalue weighted by atomic mass is 9.98. The molecule has 1 aliphatic carbocycles. The third-order valence-electron chi connectivity index (χ3n) is 3.40. The Kier molecular flexibility index (Phi) is 3.87. The van der Waals surface area contributed by atoms with Gasteiger partial charge in [-0.05, 0) is 25.0 Å². The summed E-state index contributed by atoms with van der Waals surface area (Å²) in [7, 11) is 0. The molecule has 7 heteroatoms. The van der Waals surface area contributed by atoms with Gasteiger partial charge in [-0.15, -0.1) is 0 Å². The molecule has 2 rings (SSSR count). The van der Waals surface area contributed by atoms with Gasteiger partial charge in [0.25, 0.3) is 0 Å². The highest BCUT2D eigenvalue weighted by Crippen LogP contribution is 2.30. The number of hydrogen-bond donors (Lipinski definition) is 3. The normalized spacial score (nSPS) is 16.7. The van der Waals surface area contributed by atoms with Crippen LogP contribution < -0.4 is 10.6 Å². The summed E-state index contributed by atoms with van der Waals surface area (Å²) < 4.78 is 26.3. The summed E-state index contributed by atoms with van der Waals surface area (Å²) in [5.74, 6) is -2.61. The molecule has 20 heavy (non-hydrogen) atoms. The topological polar surface area (TPSA) is 78.4 Å². The fourth-order valence-electron chi connectivity index (χ4n) is 2.34. The van der Waals surface area contributed by atoms with Crippen LogP contribution in [0.15, 0.2) is 18.2 Å². The van der Waals surface area contributed by atoms with Crippen molar-refractivity contribution >= 4 is 17.7 Å². The Hall–Kier alpha value is -2.18. The van der Waals surface area contributed by atoms with Gasteiger partial charge < -0.3 is 15.7 Å². The number of aliphatic carboxylic acids is 1. The van der Waals surface area contributed by atoms with Crippen LogP contribution in [0.25, 0.3) is 0 Å². The molecule has 0 saturated heterocycles. The molecule has 1 aliphatic rings. The van der Waals surface area contributed by atoms with Gasteiger partial charge in [0.15, 0.2) is 0 Å². The number of halogens is 2. The Morgan fingerprint density at radius 2 is 1.85 bits per heavy atom. The van der Waals surface area contributed by atoms with Crippen LogP contribution in [0, 0.1) is 11.6 Å². The number of amides is 2. The van der Waals surface area contributed by atoms with Gasteiger partial charge in [0, 0.05) is 6.07 Å². The first-order valence-electron chi connectivity index (χ1n) is 6.20. The van der Waals surface area contributed by atoms with E-state index in [0.29, 0.717) is 25.7 Å². The van der Waals surface area contributed by atoms with Crippen molar-refractivity contribution in [3.63, 3.8) is 0 Å². The van der Waals surface area contributed by atoms with E-state index in [9.17, 15) is 23.5 Å². The number of urea groups is 1. The lowest BCUT2D eigenvalue weighted by Gasteiger charge is -2.25. The van der Waals surface area contributed by atoms with Crippen molar-refractivity contribution in [2.75, 3.05) is 5.32 Å². The van der Waals surface area contributed by atoms with Crippen LogP contribution in [0.2, 0.25) is 0 Å². The Labute approximate surface area is 114 Å². The SMILES string of the molecule is O=C(Nc1cc(F)ccc1F)NC1(C(=O)O)CCCC1. The van der Waals surface area contributed by atoms with Crippen LogP contribution >= 0.6 is 0 Å². The maximum atomic E-state index is 13.4. The third-order valence-corrected chi connectivity index (χ3v) is 3.40. The molecule has 0 bridgehead atoms. The molecule has 1 aromatic carbocycles. The average Bonchev–Trinajstić information content (AvgIpc) is 2.83. The third kappa shape index (κ3) is 2.87. The van der Waals surface area contributed by atoms with E-state index in [2.05, 4.69) is 10.6 Å². The molecular formula is C13H14F2N2O3. The summed E-state index contributed by atoms with van der Waals surface area (Å²) in [6, 6.07) is 1.78. The highest BCUT2D eigenvalue weighted by Gasteiger charge is 2.42. The zero-order valence-electron chi connectivity index (χ0n) is 10.6. The monoisotopic (exact) mass is 284 g/mol. The fourth-order valence-corrected chi connectivity index (χ4v) is 2.34. The van der Waals surface area contributed by atoms with Gasteiger partial charge in [0.2, 0.25) is 0 Å². The van der Waals surface area contributed by atoms with Crippen molar-refractivity contribution < 1.29 is 23.5 Å². The molecule has 0 radical (unpaired) electrons. The minimum absolute atomic E-state index is 0.321. The highest BCUT2D eigenvalue weighted by molar-refractivity contribution is 5.94. The lowest BCUT2D eigenvalue weighted by Crippen LogP contribution is -2.53. The summed E-state index contributed by atoms with van der Waals surface area (Å²) in [6.07, 6.45) is 2.03. The first-order chi connectivity index (χ1) is 9.43. The van der Waals surface area contributed by atoms with Gasteiger partial charge in [-0.2, -0.15) is 0 Å². The smallest absolute Gasteiger partial charge is 0.329 e. The minimum Gasteiger partial charge on any atom is -0.480 e. The van der Waals surface area contributed by atoms with Crippen LogP contribution in [0.5, 0.6) is 0 Å². The second-order valence-electron chi connectivity index (χ2n) is 4.80. The lowest BCUT2D eigenvalue weighted by molar-refractivity contribution is -0.144. The van der Waals surface area contributed by atoms with E-state index in [1.807, 2.05) is 0 Å². The Bertz CT molecular complexity index is 542. The first kappa shape index (κ1) is 14.2. The molecule has 1 saturated carbocycles. The molecule has 5 nitrogen and oxygen atoms in total. The summed E-state index contributed by atoms with van der Waals surface area (Å²) in [6.45, 7) is 0. The largest absolute Gasteiger partial charge is 0.480 e. The molecule has 0 unspecified atom stereocenters. The molecule has 2 amide bonds. The molecule has 108 valence electrons. The number of nitrogens with one attached hydrogen (secondary N) is 2. The summed E-state index contributed by atoms with van der Waals surface area (Å²) >= 11 is 0. The summed E-state index contributed by atoms with van der Waals surface area (Å²) in [5, 5.41) is 13.7. The fraction of sp³-hybridized carbons (Fsp3) is 0.385. The maximum absolute atomic E-state index is 13.4. The van der Waals surface area contributed by atoms with Gasteiger partial charge in [0.05, 0.1) is 5.69 Å². The number of carboxylic acids is 1. The zero-order chi connectivity index (χ0) is 14.8. The number of carboxylic acid groups (broad SMARTS) is 1. The van der Waals surface area contributed by atoms with Gasteiger partial charge in [-0.25, -0.2) is 18.4 Å². The van der Waals surface area contributed by atoms with Crippen LogP contribution in [-0.4, -0.2) is 22.6 Å². The number of benzene rings is 1. The Balaban J connectivity index is 2.08. The number of hydrogen-bond acceptors (Lipinski definition) is 2. The summed E-state index contributed by atoms with van der Waals surface area (Å²) in [5.41, 5.74) is -1.66. The van der Waals surface area contributed by atoms with Crippen molar-refractivity contribution in [3.8, 4) is 0 Å². The van der Waals surface area contributed by atoms with Crippen LogP contribution in [0.1, 0.15) is 25.7 Å². The van der Waals surface area contributed by atoms with Crippen molar-refractivity contribution in [2.24, 2.45) is 0 Å². The van der Waals surface area contributed by atoms with Crippen LogP contribution in [0.3, 0.4) is 0 Å².